The van der Waals surface area contributed by atoms with Crippen molar-refractivity contribution < 1.29 is 14.1 Å². The van der Waals surface area contributed by atoms with E-state index in [4.69, 9.17) is 5.11 Å². The van der Waals surface area contributed by atoms with Gasteiger partial charge in [-0.15, -0.1) is 0 Å². The van der Waals surface area contributed by atoms with Crippen LogP contribution in [0.2, 0.25) is 0 Å². The number of hydrogen-bond acceptors (Lipinski definition) is 2. The first-order valence-electron chi connectivity index (χ1n) is 6.34. The predicted octanol–water partition coefficient (Wildman–Crippen LogP) is 2.61. The molecule has 1 aromatic rings. The third kappa shape index (κ3) is 3.67. The van der Waals surface area contributed by atoms with Gasteiger partial charge in [0.1, 0.15) is 0 Å². The fourth-order valence-electron chi connectivity index (χ4n) is 2.42. The minimum absolute atomic E-state index is 0.0234. The number of rotatable bonds is 5. The first-order valence-corrected chi connectivity index (χ1v) is 7.66. The Balaban J connectivity index is 1.95. The minimum atomic E-state index is -0.942. The highest BCUT2D eigenvalue weighted by molar-refractivity contribution is 7.85. The Morgan fingerprint density at radius 2 is 1.83 bits per heavy atom. The van der Waals surface area contributed by atoms with Gasteiger partial charge in [0.15, 0.2) is 0 Å². The van der Waals surface area contributed by atoms with Gasteiger partial charge >= 0.3 is 5.97 Å². The fraction of sp³-hybridized carbons (Fsp3) is 0.500. The van der Waals surface area contributed by atoms with Gasteiger partial charge in [-0.25, -0.2) is 0 Å². The smallest absolute Gasteiger partial charge is 0.307 e. The van der Waals surface area contributed by atoms with Gasteiger partial charge in [-0.1, -0.05) is 25.0 Å². The first-order chi connectivity index (χ1) is 8.65. The Kier molecular flexibility index (Phi) is 4.53. The van der Waals surface area contributed by atoms with Gasteiger partial charge in [-0.05, 0) is 36.5 Å². The molecule has 98 valence electrons. The van der Waals surface area contributed by atoms with Crippen LogP contribution < -0.4 is 0 Å². The summed E-state index contributed by atoms with van der Waals surface area (Å²) in [5.74, 6) is 0.512. The van der Waals surface area contributed by atoms with Crippen LogP contribution in [-0.4, -0.2) is 21.0 Å². The van der Waals surface area contributed by atoms with Crippen LogP contribution in [-0.2, 0) is 22.0 Å². The zero-order chi connectivity index (χ0) is 13.0. The zero-order valence-electron chi connectivity index (χ0n) is 10.3. The van der Waals surface area contributed by atoms with Crippen molar-refractivity contribution in [3.63, 3.8) is 0 Å². The number of hydrogen-bond donors (Lipinski definition) is 1. The molecule has 1 atom stereocenters. The number of carbonyl (C=O) groups is 1. The summed E-state index contributed by atoms with van der Waals surface area (Å²) in [6, 6.07) is 7.11. The van der Waals surface area contributed by atoms with E-state index < -0.39 is 16.8 Å². The normalized spacial score (nSPS) is 17.8. The summed E-state index contributed by atoms with van der Waals surface area (Å²) in [6.45, 7) is 0. The lowest BCUT2D eigenvalue weighted by atomic mass is 10.1. The van der Waals surface area contributed by atoms with E-state index >= 15 is 0 Å². The SMILES string of the molecule is O=C(O)Cc1ccc(S(=O)CC2CCCC2)cc1. The number of carboxylic acid groups (broad SMARTS) is 1. The molecule has 2 rings (SSSR count). The molecule has 1 aliphatic rings. The summed E-state index contributed by atoms with van der Waals surface area (Å²) in [4.78, 5) is 11.4. The van der Waals surface area contributed by atoms with Gasteiger partial charge in [0.05, 0.1) is 17.2 Å². The average molecular weight is 266 g/mol. The maximum absolute atomic E-state index is 12.1. The van der Waals surface area contributed by atoms with Crippen molar-refractivity contribution in [2.45, 2.75) is 37.0 Å². The van der Waals surface area contributed by atoms with Crippen molar-refractivity contribution >= 4 is 16.8 Å². The van der Waals surface area contributed by atoms with Crippen LogP contribution in [0, 0.1) is 5.92 Å². The minimum Gasteiger partial charge on any atom is -0.481 e. The van der Waals surface area contributed by atoms with E-state index in [1.807, 2.05) is 0 Å². The van der Waals surface area contributed by atoms with Gasteiger partial charge in [-0.2, -0.15) is 0 Å². The van der Waals surface area contributed by atoms with Gasteiger partial charge in [0.2, 0.25) is 0 Å². The lowest BCUT2D eigenvalue weighted by Gasteiger charge is -2.08. The molecule has 0 spiro atoms. The first kappa shape index (κ1) is 13.3. The third-order valence-electron chi connectivity index (χ3n) is 3.40. The third-order valence-corrected chi connectivity index (χ3v) is 4.98. The predicted molar refractivity (Wildman–Crippen MR) is 71.0 cm³/mol. The lowest BCUT2D eigenvalue weighted by molar-refractivity contribution is -0.136. The molecule has 0 radical (unpaired) electrons. The topological polar surface area (TPSA) is 54.4 Å². The van der Waals surface area contributed by atoms with Crippen LogP contribution in [0.15, 0.2) is 29.2 Å². The van der Waals surface area contributed by atoms with Gasteiger partial charge < -0.3 is 5.11 Å². The van der Waals surface area contributed by atoms with Crippen LogP contribution in [0.5, 0.6) is 0 Å². The molecule has 0 amide bonds. The van der Waals surface area contributed by atoms with Crippen molar-refractivity contribution in [2.75, 3.05) is 5.75 Å². The Morgan fingerprint density at radius 1 is 1.22 bits per heavy atom. The molecule has 1 saturated carbocycles. The second-order valence-corrected chi connectivity index (χ2v) is 6.37. The second-order valence-electron chi connectivity index (χ2n) is 4.88. The van der Waals surface area contributed by atoms with E-state index in [1.54, 1.807) is 24.3 Å². The van der Waals surface area contributed by atoms with E-state index in [9.17, 15) is 9.00 Å². The largest absolute Gasteiger partial charge is 0.481 e. The quantitative estimate of drug-likeness (QED) is 0.891. The molecule has 18 heavy (non-hydrogen) atoms. The maximum atomic E-state index is 12.1. The summed E-state index contributed by atoms with van der Waals surface area (Å²) in [5, 5.41) is 8.68. The van der Waals surface area contributed by atoms with Gasteiger partial charge in [0, 0.05) is 10.6 Å². The maximum Gasteiger partial charge on any atom is 0.307 e. The highest BCUT2D eigenvalue weighted by atomic mass is 32.2. The number of carboxylic acids is 1. The van der Waals surface area contributed by atoms with Crippen LogP contribution in [0.1, 0.15) is 31.2 Å². The molecular weight excluding hydrogens is 248 g/mol. The molecule has 0 aliphatic heterocycles. The average Bonchev–Trinajstić information content (AvgIpc) is 2.82. The second kappa shape index (κ2) is 6.14. The summed E-state index contributed by atoms with van der Waals surface area (Å²) in [6.07, 6.45) is 4.94. The van der Waals surface area contributed by atoms with E-state index in [-0.39, 0.29) is 6.42 Å². The van der Waals surface area contributed by atoms with Crippen molar-refractivity contribution in [3.05, 3.63) is 29.8 Å². The molecule has 0 aromatic heterocycles. The van der Waals surface area contributed by atoms with Gasteiger partial charge in [-0.3, -0.25) is 9.00 Å². The summed E-state index contributed by atoms with van der Waals surface area (Å²) < 4.78 is 12.1. The van der Waals surface area contributed by atoms with Crippen LogP contribution in [0.4, 0.5) is 0 Å². The molecule has 4 heteroatoms. The van der Waals surface area contributed by atoms with Crippen LogP contribution in [0.3, 0.4) is 0 Å². The fourth-order valence-corrected chi connectivity index (χ4v) is 3.81. The summed E-state index contributed by atoms with van der Waals surface area (Å²) in [7, 11) is -0.942. The molecule has 3 nitrogen and oxygen atoms in total. The highest BCUT2D eigenvalue weighted by Gasteiger charge is 2.18. The zero-order valence-corrected chi connectivity index (χ0v) is 11.1. The molecule has 1 fully saturated rings. The standard InChI is InChI=1S/C14H18O3S/c15-14(16)9-11-5-7-13(8-6-11)18(17)10-12-3-1-2-4-12/h5-8,12H,1-4,9-10H2,(H,15,16). The highest BCUT2D eigenvalue weighted by Crippen LogP contribution is 2.26. The molecule has 1 aliphatic carbocycles. The van der Waals surface area contributed by atoms with Crippen molar-refractivity contribution in [3.8, 4) is 0 Å². The number of benzene rings is 1. The molecule has 1 unspecified atom stereocenters. The molecule has 1 N–H and O–H groups in total. The Labute approximate surface area is 110 Å². The summed E-state index contributed by atoms with van der Waals surface area (Å²) in [5.41, 5.74) is 0.754. The van der Waals surface area contributed by atoms with E-state index in [1.165, 1.54) is 25.7 Å². The van der Waals surface area contributed by atoms with Crippen molar-refractivity contribution in [1.29, 1.82) is 0 Å². The Bertz CT molecular complexity index is 433. The lowest BCUT2D eigenvalue weighted by Crippen LogP contribution is -2.08. The van der Waals surface area contributed by atoms with E-state index in [2.05, 4.69) is 0 Å². The van der Waals surface area contributed by atoms with Crippen molar-refractivity contribution in [1.82, 2.24) is 0 Å². The van der Waals surface area contributed by atoms with Crippen LogP contribution in [0.25, 0.3) is 0 Å². The number of aliphatic carboxylic acids is 1. The van der Waals surface area contributed by atoms with Crippen LogP contribution >= 0.6 is 0 Å². The van der Waals surface area contributed by atoms with E-state index in [0.29, 0.717) is 5.92 Å². The van der Waals surface area contributed by atoms with Crippen molar-refractivity contribution in [2.24, 2.45) is 5.92 Å². The molecule has 0 bridgehead atoms. The summed E-state index contributed by atoms with van der Waals surface area (Å²) >= 11 is 0. The monoisotopic (exact) mass is 266 g/mol. The molecule has 0 saturated heterocycles. The molecular formula is C14H18O3S. The molecule has 0 heterocycles. The Hall–Kier alpha value is -1.16. The molecule has 1 aromatic carbocycles. The van der Waals surface area contributed by atoms with Gasteiger partial charge in [0.25, 0.3) is 0 Å². The van der Waals surface area contributed by atoms with E-state index in [0.717, 1.165) is 16.2 Å². The Morgan fingerprint density at radius 3 is 2.39 bits per heavy atom.